The number of rotatable bonds is 6. The third kappa shape index (κ3) is 5.24. The normalized spacial score (nSPS) is 12.4. The van der Waals surface area contributed by atoms with Gasteiger partial charge < -0.3 is 15.6 Å². The van der Waals surface area contributed by atoms with Crippen LogP contribution in [0.4, 0.5) is 5.82 Å². The fourth-order valence-electron chi connectivity index (χ4n) is 4.01. The zero-order chi connectivity index (χ0) is 26.2. The van der Waals surface area contributed by atoms with E-state index in [1.807, 2.05) is 0 Å². The molecule has 3 N–H and O–H groups in total. The Morgan fingerprint density at radius 2 is 1.92 bits per heavy atom. The summed E-state index contributed by atoms with van der Waals surface area (Å²) in [6.45, 7) is 1.74. The first-order chi connectivity index (χ1) is 16.9. The maximum atomic E-state index is 13.1. The van der Waals surface area contributed by atoms with Gasteiger partial charge in [0.25, 0.3) is 11.5 Å². The fourth-order valence-corrected chi connectivity index (χ4v) is 5.06. The number of amides is 1. The minimum Gasteiger partial charge on any atom is -0.382 e. The lowest BCUT2D eigenvalue weighted by Crippen LogP contribution is -2.32. The number of halogens is 1. The van der Waals surface area contributed by atoms with E-state index in [4.69, 9.17) is 17.3 Å². The van der Waals surface area contributed by atoms with Crippen LogP contribution in [0.3, 0.4) is 0 Å². The van der Waals surface area contributed by atoms with E-state index < -0.39 is 21.8 Å². The summed E-state index contributed by atoms with van der Waals surface area (Å²) in [6, 6.07) is 13.3. The van der Waals surface area contributed by atoms with Crippen LogP contribution in [0.15, 0.2) is 59.5 Å². The van der Waals surface area contributed by atoms with E-state index in [-0.39, 0.29) is 22.8 Å². The van der Waals surface area contributed by atoms with Crippen molar-refractivity contribution in [1.82, 2.24) is 19.9 Å². The molecule has 9 nitrogen and oxygen atoms in total. The molecule has 0 fully saturated rings. The Bertz CT molecular complexity index is 1670. The van der Waals surface area contributed by atoms with E-state index in [0.717, 1.165) is 6.26 Å². The van der Waals surface area contributed by atoms with E-state index in [0.29, 0.717) is 38.3 Å². The summed E-state index contributed by atoms with van der Waals surface area (Å²) >= 11 is 6.21. The molecule has 1 amide bonds. The highest BCUT2D eigenvalue weighted by molar-refractivity contribution is 7.89. The molecule has 4 rings (SSSR count). The van der Waals surface area contributed by atoms with Gasteiger partial charge in [-0.15, -0.1) is 0 Å². The monoisotopic (exact) mass is 525 g/mol. The minimum absolute atomic E-state index is 0.0603. The van der Waals surface area contributed by atoms with Crippen molar-refractivity contribution in [3.8, 4) is 11.3 Å². The standard InChI is InChI=1S/C25H24ClN5O4S/c1-14(20-11-17-8-5-9-18(26)21(17)25(33)31(20)2)29-24(32)22-23(27)28-12-19(30-22)16-7-4-6-15(10-16)13-36(3,34)35/h4-12,14H,13H2,1-3H3,(H2,27,28)(H,29,32)/t14-/m0/s1. The molecule has 0 aliphatic carbocycles. The molecule has 0 bridgehead atoms. The fraction of sp³-hybridized carbons (Fsp3) is 0.200. The Kier molecular flexibility index (Phi) is 6.83. The molecule has 0 aliphatic rings. The first kappa shape index (κ1) is 25.3. The number of nitrogens with one attached hydrogen (secondary N) is 1. The molecular formula is C25H24ClN5O4S. The van der Waals surface area contributed by atoms with Gasteiger partial charge in [-0.1, -0.05) is 41.9 Å². The average molecular weight is 526 g/mol. The second-order valence-electron chi connectivity index (χ2n) is 8.59. The van der Waals surface area contributed by atoms with Crippen molar-refractivity contribution in [2.45, 2.75) is 18.7 Å². The highest BCUT2D eigenvalue weighted by Crippen LogP contribution is 2.24. The molecule has 4 aromatic rings. The number of aromatic nitrogens is 3. The van der Waals surface area contributed by atoms with Crippen LogP contribution in [0.1, 0.15) is 34.7 Å². The second-order valence-corrected chi connectivity index (χ2v) is 11.1. The molecule has 36 heavy (non-hydrogen) atoms. The van der Waals surface area contributed by atoms with Gasteiger partial charge in [0, 0.05) is 24.6 Å². The summed E-state index contributed by atoms with van der Waals surface area (Å²) in [5.41, 5.74) is 7.72. The number of nitrogens with zero attached hydrogens (tertiary/aromatic N) is 3. The van der Waals surface area contributed by atoms with Crippen LogP contribution in [0.5, 0.6) is 0 Å². The van der Waals surface area contributed by atoms with Gasteiger partial charge in [0.15, 0.2) is 21.3 Å². The summed E-state index contributed by atoms with van der Waals surface area (Å²) in [5.74, 6) is -0.751. The number of nitrogen functional groups attached to an aromatic ring is 1. The van der Waals surface area contributed by atoms with E-state index in [1.54, 1.807) is 62.5 Å². The number of benzene rings is 2. The van der Waals surface area contributed by atoms with Crippen LogP contribution in [0, 0.1) is 0 Å². The lowest BCUT2D eigenvalue weighted by molar-refractivity contribution is 0.0934. The van der Waals surface area contributed by atoms with Crippen molar-refractivity contribution in [3.63, 3.8) is 0 Å². The van der Waals surface area contributed by atoms with Crippen molar-refractivity contribution in [2.24, 2.45) is 7.05 Å². The lowest BCUT2D eigenvalue weighted by atomic mass is 10.1. The largest absolute Gasteiger partial charge is 0.382 e. The van der Waals surface area contributed by atoms with Crippen LogP contribution >= 0.6 is 11.6 Å². The molecule has 2 aromatic carbocycles. The molecule has 11 heteroatoms. The van der Waals surface area contributed by atoms with Gasteiger partial charge in [0.05, 0.1) is 34.1 Å². The first-order valence-electron chi connectivity index (χ1n) is 10.9. The van der Waals surface area contributed by atoms with Gasteiger partial charge in [-0.25, -0.2) is 18.4 Å². The summed E-state index contributed by atoms with van der Waals surface area (Å²) < 4.78 is 24.8. The molecule has 0 spiro atoms. The number of carbonyl (C=O) groups excluding carboxylic acids is 1. The van der Waals surface area contributed by atoms with E-state index in [1.165, 1.54) is 10.8 Å². The molecule has 0 saturated heterocycles. The molecule has 1 atom stereocenters. The maximum Gasteiger partial charge on any atom is 0.274 e. The van der Waals surface area contributed by atoms with Crippen molar-refractivity contribution in [1.29, 1.82) is 0 Å². The maximum absolute atomic E-state index is 13.1. The Balaban J connectivity index is 1.64. The number of anilines is 1. The topological polar surface area (TPSA) is 137 Å². The molecule has 0 radical (unpaired) electrons. The van der Waals surface area contributed by atoms with Gasteiger partial charge in [-0.2, -0.15) is 0 Å². The van der Waals surface area contributed by atoms with Gasteiger partial charge in [0.2, 0.25) is 0 Å². The minimum atomic E-state index is -3.22. The first-order valence-corrected chi connectivity index (χ1v) is 13.4. The Hall–Kier alpha value is -3.76. The summed E-state index contributed by atoms with van der Waals surface area (Å²) in [7, 11) is -1.61. The van der Waals surface area contributed by atoms with Gasteiger partial charge in [-0.05, 0) is 36.1 Å². The van der Waals surface area contributed by atoms with E-state index in [9.17, 15) is 18.0 Å². The number of pyridine rings is 1. The molecular weight excluding hydrogens is 502 g/mol. The molecule has 0 aliphatic heterocycles. The Labute approximate surface area is 212 Å². The van der Waals surface area contributed by atoms with E-state index >= 15 is 0 Å². The number of fused-ring (bicyclic) bond motifs is 1. The molecule has 2 aromatic heterocycles. The number of hydrogen-bond donors (Lipinski definition) is 2. The van der Waals surface area contributed by atoms with Crippen LogP contribution in [-0.2, 0) is 22.6 Å². The smallest absolute Gasteiger partial charge is 0.274 e. The molecule has 2 heterocycles. The summed E-state index contributed by atoms with van der Waals surface area (Å²) in [4.78, 5) is 34.5. The van der Waals surface area contributed by atoms with Gasteiger partial charge in [0.1, 0.15) is 0 Å². The summed E-state index contributed by atoms with van der Waals surface area (Å²) in [6.07, 6.45) is 2.58. The van der Waals surface area contributed by atoms with Gasteiger partial charge in [-0.3, -0.25) is 9.59 Å². The van der Waals surface area contributed by atoms with Crippen molar-refractivity contribution < 1.29 is 13.2 Å². The third-order valence-electron chi connectivity index (χ3n) is 5.71. The van der Waals surface area contributed by atoms with Crippen LogP contribution in [0.25, 0.3) is 22.0 Å². The number of sulfone groups is 1. The number of carbonyl (C=O) groups is 1. The van der Waals surface area contributed by atoms with Crippen LogP contribution < -0.4 is 16.6 Å². The molecule has 0 unspecified atom stereocenters. The lowest BCUT2D eigenvalue weighted by Gasteiger charge is -2.19. The molecule has 186 valence electrons. The SMILES string of the molecule is C[C@H](NC(=O)c1nc(-c2cccc(CS(C)(=O)=O)c2)cnc1N)c1cc2cccc(Cl)c2c(=O)n1C. The highest BCUT2D eigenvalue weighted by atomic mass is 35.5. The third-order valence-corrected chi connectivity index (χ3v) is 6.89. The average Bonchev–Trinajstić information content (AvgIpc) is 2.80. The van der Waals surface area contributed by atoms with E-state index in [2.05, 4.69) is 15.3 Å². The van der Waals surface area contributed by atoms with Crippen LogP contribution in [0.2, 0.25) is 5.02 Å². The highest BCUT2D eigenvalue weighted by Gasteiger charge is 2.20. The van der Waals surface area contributed by atoms with Crippen molar-refractivity contribution >= 4 is 43.9 Å². The Morgan fingerprint density at radius 3 is 2.64 bits per heavy atom. The van der Waals surface area contributed by atoms with Crippen LogP contribution in [-0.4, -0.2) is 35.1 Å². The number of hydrogen-bond acceptors (Lipinski definition) is 7. The van der Waals surface area contributed by atoms with Crippen molar-refractivity contribution in [3.05, 3.63) is 87.1 Å². The predicted molar refractivity (Wildman–Crippen MR) is 141 cm³/mol. The number of nitrogens with two attached hydrogens (primary N) is 1. The second kappa shape index (κ2) is 9.71. The molecule has 0 saturated carbocycles. The zero-order valence-electron chi connectivity index (χ0n) is 19.8. The summed E-state index contributed by atoms with van der Waals surface area (Å²) in [5, 5.41) is 4.26. The Morgan fingerprint density at radius 1 is 1.19 bits per heavy atom. The zero-order valence-corrected chi connectivity index (χ0v) is 21.4. The van der Waals surface area contributed by atoms with Gasteiger partial charge >= 0.3 is 0 Å². The predicted octanol–water partition coefficient (Wildman–Crippen LogP) is 3.27. The quantitative estimate of drug-likeness (QED) is 0.394. The van der Waals surface area contributed by atoms with Crippen molar-refractivity contribution in [2.75, 3.05) is 12.0 Å².